The van der Waals surface area contributed by atoms with Crippen molar-refractivity contribution in [2.24, 2.45) is 5.92 Å². The largest absolute Gasteiger partial charge is 0.392 e. The lowest BCUT2D eigenvalue weighted by Gasteiger charge is -2.23. The lowest BCUT2D eigenvalue weighted by molar-refractivity contribution is 0.0987. The van der Waals surface area contributed by atoms with E-state index < -0.39 is 0 Å². The average molecular weight is 332 g/mol. The van der Waals surface area contributed by atoms with Crippen molar-refractivity contribution in [3.63, 3.8) is 0 Å². The minimum Gasteiger partial charge on any atom is -0.392 e. The third-order valence-corrected chi connectivity index (χ3v) is 4.14. The van der Waals surface area contributed by atoms with Crippen LogP contribution >= 0.6 is 15.9 Å². The third kappa shape index (κ3) is 4.86. The summed E-state index contributed by atoms with van der Waals surface area (Å²) in [6, 6.07) is 4.79. The summed E-state index contributed by atoms with van der Waals surface area (Å²) in [6.07, 6.45) is 1.53. The van der Waals surface area contributed by atoms with Crippen LogP contribution in [0.25, 0.3) is 0 Å². The first kappa shape index (κ1) is 16.6. The number of aliphatic hydroxyl groups excluding tert-OH is 1. The van der Waals surface area contributed by atoms with Crippen LogP contribution in [-0.4, -0.2) is 17.8 Å². The number of halogens is 2. The third-order valence-electron chi connectivity index (χ3n) is 3.65. The highest BCUT2D eigenvalue weighted by atomic mass is 79.9. The summed E-state index contributed by atoms with van der Waals surface area (Å²) in [7, 11) is 0. The highest BCUT2D eigenvalue weighted by molar-refractivity contribution is 9.10. The molecule has 0 bridgehead atoms. The molecule has 2 N–H and O–H groups in total. The van der Waals surface area contributed by atoms with Gasteiger partial charge in [-0.15, -0.1) is 0 Å². The Morgan fingerprint density at radius 3 is 2.53 bits per heavy atom. The summed E-state index contributed by atoms with van der Waals surface area (Å²) >= 11 is 3.35. The van der Waals surface area contributed by atoms with E-state index in [4.69, 9.17) is 0 Å². The number of aliphatic hydroxyl groups is 1. The molecule has 1 rings (SSSR count). The van der Waals surface area contributed by atoms with Crippen LogP contribution in [-0.2, 0) is 0 Å². The maximum atomic E-state index is 13.7. The molecule has 1 aromatic carbocycles. The highest BCUT2D eigenvalue weighted by Gasteiger charge is 2.17. The Bertz CT molecular complexity index is 396. The number of nitrogens with one attached hydrogen (secondary N) is 1. The van der Waals surface area contributed by atoms with Gasteiger partial charge in [0.25, 0.3) is 0 Å². The van der Waals surface area contributed by atoms with Crippen LogP contribution in [0.2, 0.25) is 0 Å². The molecule has 0 aromatic heterocycles. The smallest absolute Gasteiger partial charge is 0.128 e. The van der Waals surface area contributed by atoms with Crippen molar-refractivity contribution in [2.75, 3.05) is 6.54 Å². The number of hydrogen-bond acceptors (Lipinski definition) is 2. The number of rotatable bonds is 7. The van der Waals surface area contributed by atoms with Gasteiger partial charge in [0.2, 0.25) is 0 Å². The Hall–Kier alpha value is -0.450. The molecule has 2 nitrogen and oxygen atoms in total. The van der Waals surface area contributed by atoms with Gasteiger partial charge in [0, 0.05) is 22.6 Å². The molecule has 19 heavy (non-hydrogen) atoms. The zero-order valence-electron chi connectivity index (χ0n) is 11.8. The number of hydrogen-bond donors (Lipinski definition) is 2. The fourth-order valence-electron chi connectivity index (χ4n) is 2.25. The van der Waals surface area contributed by atoms with E-state index in [9.17, 15) is 9.50 Å². The van der Waals surface area contributed by atoms with Crippen molar-refractivity contribution >= 4 is 15.9 Å². The quantitative estimate of drug-likeness (QED) is 0.790. The summed E-state index contributed by atoms with van der Waals surface area (Å²) in [6.45, 7) is 6.55. The summed E-state index contributed by atoms with van der Waals surface area (Å²) in [4.78, 5) is 0. The Morgan fingerprint density at radius 1 is 1.32 bits per heavy atom. The summed E-state index contributed by atoms with van der Waals surface area (Å²) in [5.74, 6) is 0.0762. The van der Waals surface area contributed by atoms with Gasteiger partial charge in [-0.25, -0.2) is 4.39 Å². The first-order valence-corrected chi connectivity index (χ1v) is 7.65. The van der Waals surface area contributed by atoms with Crippen LogP contribution in [0.5, 0.6) is 0 Å². The summed E-state index contributed by atoms with van der Waals surface area (Å²) in [5, 5.41) is 13.3. The van der Waals surface area contributed by atoms with Crippen molar-refractivity contribution in [2.45, 2.75) is 45.8 Å². The van der Waals surface area contributed by atoms with Gasteiger partial charge in [0.1, 0.15) is 5.82 Å². The van der Waals surface area contributed by atoms with Crippen LogP contribution < -0.4 is 5.32 Å². The second-order valence-electron chi connectivity index (χ2n) is 4.94. The van der Waals surface area contributed by atoms with Crippen LogP contribution in [0.4, 0.5) is 4.39 Å². The van der Waals surface area contributed by atoms with Gasteiger partial charge in [-0.2, -0.15) is 0 Å². The molecule has 108 valence electrons. The molecule has 2 unspecified atom stereocenters. The molecule has 0 aliphatic heterocycles. The molecule has 0 spiro atoms. The molecular weight excluding hydrogens is 309 g/mol. The zero-order valence-corrected chi connectivity index (χ0v) is 13.4. The predicted molar refractivity (Wildman–Crippen MR) is 80.6 cm³/mol. The van der Waals surface area contributed by atoms with E-state index in [1.807, 2.05) is 6.92 Å². The fourth-order valence-corrected chi connectivity index (χ4v) is 2.63. The van der Waals surface area contributed by atoms with Crippen molar-refractivity contribution in [3.05, 3.63) is 34.1 Å². The van der Waals surface area contributed by atoms with Crippen molar-refractivity contribution in [1.82, 2.24) is 5.32 Å². The van der Waals surface area contributed by atoms with E-state index in [-0.39, 0.29) is 18.0 Å². The average Bonchev–Trinajstić information content (AvgIpc) is 2.40. The molecule has 0 aliphatic carbocycles. The van der Waals surface area contributed by atoms with Gasteiger partial charge in [-0.3, -0.25) is 0 Å². The van der Waals surface area contributed by atoms with E-state index >= 15 is 0 Å². The summed E-state index contributed by atoms with van der Waals surface area (Å²) in [5.41, 5.74) is 0.617. The van der Waals surface area contributed by atoms with Gasteiger partial charge < -0.3 is 10.4 Å². The molecule has 0 radical (unpaired) electrons. The highest BCUT2D eigenvalue weighted by Crippen LogP contribution is 2.22. The van der Waals surface area contributed by atoms with Gasteiger partial charge in [-0.05, 0) is 31.0 Å². The van der Waals surface area contributed by atoms with Crippen LogP contribution in [0.1, 0.15) is 45.2 Å². The molecule has 0 saturated heterocycles. The summed E-state index contributed by atoms with van der Waals surface area (Å²) < 4.78 is 14.6. The second kappa shape index (κ2) is 7.98. The normalized spacial score (nSPS) is 14.7. The topological polar surface area (TPSA) is 32.3 Å². The minimum absolute atomic E-state index is 0.124. The van der Waals surface area contributed by atoms with Gasteiger partial charge in [0.05, 0.1) is 6.10 Å². The van der Waals surface area contributed by atoms with E-state index in [0.29, 0.717) is 18.0 Å². The Morgan fingerprint density at radius 2 is 1.95 bits per heavy atom. The monoisotopic (exact) mass is 331 g/mol. The Labute approximate surface area is 123 Å². The standard InChI is InChI=1S/C15H23BrFNO/c1-4-11(5-2)15(19)9-18-10(3)13-8-12(16)6-7-14(13)17/h6-8,10-11,15,18-19H,4-5,9H2,1-3H3. The second-order valence-corrected chi connectivity index (χ2v) is 5.86. The van der Waals surface area contributed by atoms with E-state index in [1.165, 1.54) is 6.07 Å². The molecule has 0 aliphatic rings. The van der Waals surface area contributed by atoms with E-state index in [1.54, 1.807) is 12.1 Å². The van der Waals surface area contributed by atoms with E-state index in [0.717, 1.165) is 17.3 Å². The SMILES string of the molecule is CCC(CC)C(O)CNC(C)c1cc(Br)ccc1F. The minimum atomic E-state index is -0.382. The molecule has 0 heterocycles. The first-order chi connectivity index (χ1) is 8.99. The lowest BCUT2D eigenvalue weighted by Crippen LogP contribution is -2.34. The fraction of sp³-hybridized carbons (Fsp3) is 0.600. The van der Waals surface area contributed by atoms with Gasteiger partial charge in [0.15, 0.2) is 0 Å². The van der Waals surface area contributed by atoms with Crippen molar-refractivity contribution in [1.29, 1.82) is 0 Å². The molecule has 4 heteroatoms. The first-order valence-electron chi connectivity index (χ1n) is 6.85. The molecule has 0 amide bonds. The molecule has 2 atom stereocenters. The maximum absolute atomic E-state index is 13.7. The van der Waals surface area contributed by atoms with Crippen LogP contribution in [0.3, 0.4) is 0 Å². The van der Waals surface area contributed by atoms with Gasteiger partial charge in [-0.1, -0.05) is 42.6 Å². The van der Waals surface area contributed by atoms with Crippen LogP contribution in [0, 0.1) is 11.7 Å². The van der Waals surface area contributed by atoms with Gasteiger partial charge >= 0.3 is 0 Å². The molecule has 0 saturated carbocycles. The predicted octanol–water partition coefficient (Wildman–Crippen LogP) is 4.04. The molecular formula is C15H23BrFNO. The Kier molecular flexibility index (Phi) is 6.97. The van der Waals surface area contributed by atoms with Crippen molar-refractivity contribution < 1.29 is 9.50 Å². The lowest BCUT2D eigenvalue weighted by atomic mass is 9.96. The van der Waals surface area contributed by atoms with Crippen LogP contribution in [0.15, 0.2) is 22.7 Å². The molecule has 1 aromatic rings. The maximum Gasteiger partial charge on any atom is 0.128 e. The Balaban J connectivity index is 2.60. The van der Waals surface area contributed by atoms with Crippen molar-refractivity contribution in [3.8, 4) is 0 Å². The number of benzene rings is 1. The molecule has 0 fully saturated rings. The zero-order chi connectivity index (χ0) is 14.4. The van der Waals surface area contributed by atoms with E-state index in [2.05, 4.69) is 35.1 Å².